The molecule has 104 valence electrons. The maximum Gasteiger partial charge on any atom is 0.331 e. The molecule has 0 aromatic heterocycles. The topological polar surface area (TPSA) is 38.7 Å². The molecule has 3 heteroatoms. The summed E-state index contributed by atoms with van der Waals surface area (Å²) in [5.41, 5.74) is 0.503. The van der Waals surface area contributed by atoms with Crippen LogP contribution in [0, 0.1) is 5.92 Å². The highest BCUT2D eigenvalue weighted by molar-refractivity contribution is 5.84. The average Bonchev–Trinajstić information content (AvgIpc) is 2.27. The first-order chi connectivity index (χ1) is 8.79. The Kier molecular flexibility index (Phi) is 5.28. The molecular formula is C16H23NO2. The van der Waals surface area contributed by atoms with Crippen LogP contribution in [0.2, 0.25) is 0 Å². The Balaban J connectivity index is 2.79. The first-order valence-corrected chi connectivity index (χ1v) is 6.60. The summed E-state index contributed by atoms with van der Waals surface area (Å²) < 4.78 is 5.40. The Morgan fingerprint density at radius 2 is 1.79 bits per heavy atom. The lowest BCUT2D eigenvalue weighted by molar-refractivity contribution is -0.157. The molecule has 1 aromatic carbocycles. The Morgan fingerprint density at radius 1 is 1.21 bits per heavy atom. The van der Waals surface area contributed by atoms with Crippen molar-refractivity contribution in [1.82, 2.24) is 0 Å². The number of carbonyl (C=O) groups excluding carboxylic acids is 1. The van der Waals surface area contributed by atoms with Gasteiger partial charge in [-0.15, -0.1) is 0 Å². The highest BCUT2D eigenvalue weighted by atomic mass is 16.6. The predicted octanol–water partition coefficient (Wildman–Crippen LogP) is 3.47. The van der Waals surface area contributed by atoms with E-state index in [-0.39, 0.29) is 11.9 Å². The van der Waals surface area contributed by atoms with E-state index in [0.717, 1.165) is 5.56 Å². The van der Waals surface area contributed by atoms with Crippen molar-refractivity contribution in [2.24, 2.45) is 10.9 Å². The summed E-state index contributed by atoms with van der Waals surface area (Å²) in [4.78, 5) is 16.5. The molecule has 0 bridgehead atoms. The second-order valence-corrected chi connectivity index (χ2v) is 5.91. The van der Waals surface area contributed by atoms with Crippen LogP contribution in [0.1, 0.15) is 40.2 Å². The van der Waals surface area contributed by atoms with Crippen LogP contribution in [0.5, 0.6) is 0 Å². The molecule has 0 aliphatic rings. The van der Waals surface area contributed by atoms with Gasteiger partial charge in [-0.2, -0.15) is 0 Å². The van der Waals surface area contributed by atoms with E-state index >= 15 is 0 Å². The lowest BCUT2D eigenvalue weighted by Crippen LogP contribution is -2.33. The third kappa shape index (κ3) is 5.69. The second kappa shape index (κ2) is 6.50. The predicted molar refractivity (Wildman–Crippen MR) is 78.5 cm³/mol. The van der Waals surface area contributed by atoms with E-state index in [9.17, 15) is 4.79 Å². The molecular weight excluding hydrogens is 238 g/mol. The summed E-state index contributed by atoms with van der Waals surface area (Å²) >= 11 is 0. The van der Waals surface area contributed by atoms with E-state index in [0.29, 0.717) is 0 Å². The molecule has 0 aliphatic carbocycles. The van der Waals surface area contributed by atoms with Crippen LogP contribution in [0.4, 0.5) is 0 Å². The molecule has 0 heterocycles. The van der Waals surface area contributed by atoms with Gasteiger partial charge in [-0.05, 0) is 32.3 Å². The Bertz CT molecular complexity index is 430. The lowest BCUT2D eigenvalue weighted by atomic mass is 10.0. The normalized spacial score (nSPS) is 13.8. The van der Waals surface area contributed by atoms with Crippen LogP contribution in [0.25, 0.3) is 0 Å². The molecule has 0 saturated heterocycles. The van der Waals surface area contributed by atoms with Gasteiger partial charge in [-0.1, -0.05) is 44.2 Å². The molecule has 1 rings (SSSR count). The standard InChI is InChI=1S/C16H23NO2/c1-12(2)14(15(18)19-16(3,4)5)17-11-13-9-7-6-8-10-13/h6-12,14H,1-5H3/t14-/m0/s1. The zero-order valence-corrected chi connectivity index (χ0v) is 12.4. The van der Waals surface area contributed by atoms with E-state index in [4.69, 9.17) is 4.74 Å². The lowest BCUT2D eigenvalue weighted by Gasteiger charge is -2.23. The SMILES string of the molecule is CC(C)[C@H](N=Cc1ccccc1)C(=O)OC(C)(C)C. The highest BCUT2D eigenvalue weighted by Gasteiger charge is 2.26. The number of hydrogen-bond donors (Lipinski definition) is 0. The van der Waals surface area contributed by atoms with Gasteiger partial charge in [0.05, 0.1) is 0 Å². The summed E-state index contributed by atoms with van der Waals surface area (Å²) in [6, 6.07) is 9.29. The zero-order chi connectivity index (χ0) is 14.5. The summed E-state index contributed by atoms with van der Waals surface area (Å²) in [5, 5.41) is 0. The molecule has 19 heavy (non-hydrogen) atoms. The van der Waals surface area contributed by atoms with Crippen LogP contribution < -0.4 is 0 Å². The van der Waals surface area contributed by atoms with Crippen molar-refractivity contribution in [3.05, 3.63) is 35.9 Å². The Hall–Kier alpha value is -1.64. The minimum Gasteiger partial charge on any atom is -0.458 e. The largest absolute Gasteiger partial charge is 0.458 e. The molecule has 0 saturated carbocycles. The third-order valence-electron chi connectivity index (χ3n) is 2.46. The highest BCUT2D eigenvalue weighted by Crippen LogP contribution is 2.14. The molecule has 3 nitrogen and oxygen atoms in total. The monoisotopic (exact) mass is 261 g/mol. The van der Waals surface area contributed by atoms with Gasteiger partial charge in [0.15, 0.2) is 0 Å². The molecule has 0 fully saturated rings. The van der Waals surface area contributed by atoms with Crippen molar-refractivity contribution in [3.63, 3.8) is 0 Å². The van der Waals surface area contributed by atoms with Gasteiger partial charge < -0.3 is 4.74 Å². The fourth-order valence-corrected chi connectivity index (χ4v) is 1.57. The molecule has 1 aromatic rings. The van der Waals surface area contributed by atoms with Crippen molar-refractivity contribution in [2.45, 2.75) is 46.3 Å². The number of ether oxygens (including phenoxy) is 1. The van der Waals surface area contributed by atoms with Crippen molar-refractivity contribution in [3.8, 4) is 0 Å². The molecule has 0 spiro atoms. The van der Waals surface area contributed by atoms with E-state index in [1.165, 1.54) is 0 Å². The second-order valence-electron chi connectivity index (χ2n) is 5.91. The first kappa shape index (κ1) is 15.4. The fourth-order valence-electron chi connectivity index (χ4n) is 1.57. The molecule has 0 N–H and O–H groups in total. The molecule has 0 unspecified atom stereocenters. The molecule has 0 radical (unpaired) electrons. The fraction of sp³-hybridized carbons (Fsp3) is 0.500. The summed E-state index contributed by atoms with van der Waals surface area (Å²) in [7, 11) is 0. The van der Waals surface area contributed by atoms with Crippen LogP contribution in [0.3, 0.4) is 0 Å². The number of nitrogens with zero attached hydrogens (tertiary/aromatic N) is 1. The third-order valence-corrected chi connectivity index (χ3v) is 2.46. The van der Waals surface area contributed by atoms with Crippen molar-refractivity contribution in [2.75, 3.05) is 0 Å². The Morgan fingerprint density at radius 3 is 2.26 bits per heavy atom. The van der Waals surface area contributed by atoms with Crippen LogP contribution in [-0.4, -0.2) is 23.8 Å². The minimum absolute atomic E-state index is 0.106. The number of rotatable bonds is 4. The van der Waals surface area contributed by atoms with Gasteiger partial charge in [-0.25, -0.2) is 4.79 Å². The average molecular weight is 261 g/mol. The number of carbonyl (C=O) groups is 1. The van der Waals surface area contributed by atoms with Crippen LogP contribution >= 0.6 is 0 Å². The van der Waals surface area contributed by atoms with E-state index in [2.05, 4.69) is 4.99 Å². The van der Waals surface area contributed by atoms with Crippen molar-refractivity contribution < 1.29 is 9.53 Å². The smallest absolute Gasteiger partial charge is 0.331 e. The van der Waals surface area contributed by atoms with Gasteiger partial charge in [0.2, 0.25) is 0 Å². The summed E-state index contributed by atoms with van der Waals surface area (Å²) in [6.45, 7) is 9.53. The molecule has 0 amide bonds. The number of benzene rings is 1. The first-order valence-electron chi connectivity index (χ1n) is 6.60. The van der Waals surface area contributed by atoms with Gasteiger partial charge in [0.1, 0.15) is 11.6 Å². The number of aliphatic imine (C=N–C) groups is 1. The molecule has 1 atom stereocenters. The van der Waals surface area contributed by atoms with E-state index in [1.807, 2.05) is 65.0 Å². The van der Waals surface area contributed by atoms with E-state index < -0.39 is 11.6 Å². The summed E-state index contributed by atoms with van der Waals surface area (Å²) in [5.74, 6) is -0.163. The zero-order valence-electron chi connectivity index (χ0n) is 12.4. The maximum absolute atomic E-state index is 12.1. The van der Waals surface area contributed by atoms with Gasteiger partial charge in [0, 0.05) is 6.21 Å². The van der Waals surface area contributed by atoms with Gasteiger partial charge >= 0.3 is 5.97 Å². The van der Waals surface area contributed by atoms with Crippen molar-refractivity contribution >= 4 is 12.2 Å². The van der Waals surface area contributed by atoms with Gasteiger partial charge in [0.25, 0.3) is 0 Å². The quantitative estimate of drug-likeness (QED) is 0.615. The molecule has 0 aliphatic heterocycles. The van der Waals surface area contributed by atoms with E-state index in [1.54, 1.807) is 6.21 Å². The van der Waals surface area contributed by atoms with Crippen LogP contribution in [-0.2, 0) is 9.53 Å². The maximum atomic E-state index is 12.1. The Labute approximate surface area is 115 Å². The summed E-state index contributed by atoms with van der Waals surface area (Å²) in [6.07, 6.45) is 1.73. The number of esters is 1. The minimum atomic E-state index is -0.480. The van der Waals surface area contributed by atoms with Crippen LogP contribution in [0.15, 0.2) is 35.3 Å². The van der Waals surface area contributed by atoms with Gasteiger partial charge in [-0.3, -0.25) is 4.99 Å². The number of hydrogen-bond acceptors (Lipinski definition) is 3. The van der Waals surface area contributed by atoms with Crippen molar-refractivity contribution in [1.29, 1.82) is 0 Å².